The second-order valence-corrected chi connectivity index (χ2v) is 5.91. The first kappa shape index (κ1) is 20.9. The first-order chi connectivity index (χ1) is 12.1. The molecule has 0 spiro atoms. The van der Waals surface area contributed by atoms with Crippen LogP contribution in [0.2, 0.25) is 0 Å². The van der Waals surface area contributed by atoms with Crippen molar-refractivity contribution in [3.8, 4) is 5.75 Å². The van der Waals surface area contributed by atoms with Gasteiger partial charge in [-0.1, -0.05) is 13.8 Å². The third kappa shape index (κ3) is 6.04. The monoisotopic (exact) mass is 367 g/mol. The predicted molar refractivity (Wildman–Crippen MR) is 91.0 cm³/mol. The van der Waals surface area contributed by atoms with Gasteiger partial charge in [0.05, 0.1) is 18.6 Å². The molecule has 142 valence electrons. The second kappa shape index (κ2) is 9.35. The number of carbonyl (C=O) groups is 3. The lowest BCUT2D eigenvalue weighted by Gasteiger charge is -2.16. The van der Waals surface area contributed by atoms with Gasteiger partial charge in [0.15, 0.2) is 0 Å². The van der Waals surface area contributed by atoms with Crippen molar-refractivity contribution < 1.29 is 29.2 Å². The molecule has 1 atom stereocenters. The van der Waals surface area contributed by atoms with Gasteiger partial charge in [0.25, 0.3) is 11.6 Å². The molecule has 0 aliphatic carbocycles. The Kier molecular flexibility index (Phi) is 7.51. The lowest BCUT2D eigenvalue weighted by atomic mass is 10.0. The third-order valence-electron chi connectivity index (χ3n) is 3.39. The molecule has 0 saturated heterocycles. The van der Waals surface area contributed by atoms with Crippen LogP contribution in [-0.2, 0) is 9.59 Å². The molecule has 0 aliphatic rings. The van der Waals surface area contributed by atoms with Gasteiger partial charge >= 0.3 is 5.97 Å². The molecule has 26 heavy (non-hydrogen) atoms. The van der Waals surface area contributed by atoms with Crippen molar-refractivity contribution in [2.24, 2.45) is 5.92 Å². The summed E-state index contributed by atoms with van der Waals surface area (Å²) in [6.45, 7) is 3.10. The highest BCUT2D eigenvalue weighted by molar-refractivity contribution is 6.00. The van der Waals surface area contributed by atoms with Crippen LogP contribution in [0.5, 0.6) is 5.75 Å². The summed E-state index contributed by atoms with van der Waals surface area (Å²) < 4.78 is 4.93. The lowest BCUT2D eigenvalue weighted by Crippen LogP contribution is -2.46. The van der Waals surface area contributed by atoms with Crippen LogP contribution in [0.15, 0.2) is 18.2 Å². The fourth-order valence-electron chi connectivity index (χ4n) is 2.18. The van der Waals surface area contributed by atoms with Crippen molar-refractivity contribution in [2.45, 2.75) is 26.3 Å². The van der Waals surface area contributed by atoms with Gasteiger partial charge < -0.3 is 20.5 Å². The molecule has 0 aliphatic heterocycles. The topological polar surface area (TPSA) is 148 Å². The van der Waals surface area contributed by atoms with Crippen molar-refractivity contribution in [1.29, 1.82) is 0 Å². The number of carboxylic acid groups (broad SMARTS) is 1. The molecule has 1 rings (SSSR count). The summed E-state index contributed by atoms with van der Waals surface area (Å²) in [4.78, 5) is 45.5. The number of benzene rings is 1. The van der Waals surface area contributed by atoms with Gasteiger partial charge in [-0.2, -0.15) is 0 Å². The zero-order chi connectivity index (χ0) is 19.9. The van der Waals surface area contributed by atoms with E-state index in [1.165, 1.54) is 19.2 Å². The van der Waals surface area contributed by atoms with Gasteiger partial charge in [0.1, 0.15) is 17.4 Å². The largest absolute Gasteiger partial charge is 0.497 e. The Labute approximate surface area is 149 Å². The van der Waals surface area contributed by atoms with Crippen molar-refractivity contribution in [1.82, 2.24) is 10.6 Å². The first-order valence-electron chi connectivity index (χ1n) is 7.78. The molecule has 1 aromatic rings. The number of amides is 2. The molecule has 10 heteroatoms. The van der Waals surface area contributed by atoms with Gasteiger partial charge in [-0.05, 0) is 24.5 Å². The van der Waals surface area contributed by atoms with Crippen LogP contribution in [0.4, 0.5) is 5.69 Å². The van der Waals surface area contributed by atoms with Crippen LogP contribution in [0.25, 0.3) is 0 Å². The van der Waals surface area contributed by atoms with Crippen molar-refractivity contribution in [2.75, 3.05) is 13.7 Å². The maximum absolute atomic E-state index is 12.2. The Morgan fingerprint density at radius 2 is 1.96 bits per heavy atom. The van der Waals surface area contributed by atoms with E-state index < -0.39 is 41.0 Å². The van der Waals surface area contributed by atoms with Crippen LogP contribution in [0.1, 0.15) is 30.6 Å². The molecule has 1 aromatic carbocycles. The van der Waals surface area contributed by atoms with Gasteiger partial charge in [0.2, 0.25) is 5.91 Å². The fourth-order valence-corrected chi connectivity index (χ4v) is 2.18. The highest BCUT2D eigenvalue weighted by Crippen LogP contribution is 2.23. The summed E-state index contributed by atoms with van der Waals surface area (Å²) >= 11 is 0. The maximum atomic E-state index is 12.2. The van der Waals surface area contributed by atoms with E-state index >= 15 is 0 Å². The van der Waals surface area contributed by atoms with E-state index in [-0.39, 0.29) is 23.7 Å². The number of nitro benzene ring substituents is 1. The Hall–Kier alpha value is -3.17. The molecule has 0 saturated carbocycles. The Bertz CT molecular complexity index is 703. The van der Waals surface area contributed by atoms with E-state index in [9.17, 15) is 24.5 Å². The standard InChI is InChI=1S/C16H21N3O7/c1-9(2)6-12(16(22)23)18-14(20)8-17-15(21)11-7-10(26-3)4-5-13(11)19(24)25/h4-5,7,9,12H,6,8H2,1-3H3,(H,17,21)(H,18,20)(H,22,23)/t12-/m0/s1. The van der Waals surface area contributed by atoms with E-state index in [0.717, 1.165) is 6.07 Å². The summed E-state index contributed by atoms with van der Waals surface area (Å²) in [5.74, 6) is -2.45. The van der Waals surface area contributed by atoms with Gasteiger partial charge in [0, 0.05) is 6.07 Å². The summed E-state index contributed by atoms with van der Waals surface area (Å²) in [6.07, 6.45) is 0.233. The molecule has 0 aromatic heterocycles. The summed E-state index contributed by atoms with van der Waals surface area (Å²) in [6, 6.07) is 2.57. The minimum atomic E-state index is -1.18. The number of hydrogen-bond acceptors (Lipinski definition) is 6. The van der Waals surface area contributed by atoms with Crippen molar-refractivity contribution >= 4 is 23.5 Å². The van der Waals surface area contributed by atoms with E-state index in [2.05, 4.69) is 10.6 Å². The quantitative estimate of drug-likeness (QED) is 0.434. The normalized spacial score (nSPS) is 11.5. The smallest absolute Gasteiger partial charge is 0.326 e. The van der Waals surface area contributed by atoms with E-state index in [1.54, 1.807) is 0 Å². The zero-order valence-electron chi connectivity index (χ0n) is 14.6. The number of carboxylic acids is 1. The number of rotatable bonds is 9. The zero-order valence-corrected chi connectivity index (χ0v) is 14.6. The minimum Gasteiger partial charge on any atom is -0.497 e. The molecule has 3 N–H and O–H groups in total. The molecular formula is C16H21N3O7. The summed E-state index contributed by atoms with van der Waals surface area (Å²) in [5.41, 5.74) is -0.703. The van der Waals surface area contributed by atoms with E-state index in [1.807, 2.05) is 13.8 Å². The van der Waals surface area contributed by atoms with Crippen molar-refractivity contribution in [3.63, 3.8) is 0 Å². The highest BCUT2D eigenvalue weighted by atomic mass is 16.6. The average Bonchev–Trinajstić information content (AvgIpc) is 2.57. The number of hydrogen-bond donors (Lipinski definition) is 3. The van der Waals surface area contributed by atoms with Crippen LogP contribution in [0.3, 0.4) is 0 Å². The van der Waals surface area contributed by atoms with Gasteiger partial charge in [-0.15, -0.1) is 0 Å². The molecule has 2 amide bonds. The first-order valence-corrected chi connectivity index (χ1v) is 7.78. The third-order valence-corrected chi connectivity index (χ3v) is 3.39. The Morgan fingerprint density at radius 3 is 2.46 bits per heavy atom. The Balaban J connectivity index is 2.78. The minimum absolute atomic E-state index is 0.0467. The van der Waals surface area contributed by atoms with Crippen LogP contribution in [-0.4, -0.2) is 47.5 Å². The van der Waals surface area contributed by atoms with Crippen LogP contribution < -0.4 is 15.4 Å². The van der Waals surface area contributed by atoms with E-state index in [0.29, 0.717) is 0 Å². The number of methoxy groups -OCH3 is 1. The number of nitro groups is 1. The second-order valence-electron chi connectivity index (χ2n) is 5.91. The SMILES string of the molecule is COc1ccc([N+](=O)[O-])c(C(=O)NCC(=O)N[C@@H](CC(C)C)C(=O)O)c1. The predicted octanol–water partition coefficient (Wildman–Crippen LogP) is 0.949. The Morgan fingerprint density at radius 1 is 1.31 bits per heavy atom. The fraction of sp³-hybridized carbons (Fsp3) is 0.438. The summed E-state index contributed by atoms with van der Waals surface area (Å²) in [7, 11) is 1.34. The van der Waals surface area contributed by atoms with Gasteiger partial charge in [-0.25, -0.2) is 4.79 Å². The van der Waals surface area contributed by atoms with Crippen molar-refractivity contribution in [3.05, 3.63) is 33.9 Å². The lowest BCUT2D eigenvalue weighted by molar-refractivity contribution is -0.385. The van der Waals surface area contributed by atoms with Gasteiger partial charge in [-0.3, -0.25) is 19.7 Å². The van der Waals surface area contributed by atoms with E-state index in [4.69, 9.17) is 9.84 Å². The molecule has 0 fully saturated rings. The maximum Gasteiger partial charge on any atom is 0.326 e. The number of nitrogens with zero attached hydrogens (tertiary/aromatic N) is 1. The summed E-state index contributed by atoms with van der Waals surface area (Å²) in [5, 5.41) is 24.7. The van der Waals surface area contributed by atoms with Crippen LogP contribution >= 0.6 is 0 Å². The number of aliphatic carboxylic acids is 1. The molecular weight excluding hydrogens is 346 g/mol. The molecule has 0 bridgehead atoms. The molecule has 0 heterocycles. The average molecular weight is 367 g/mol. The number of ether oxygens (including phenoxy) is 1. The number of nitrogens with one attached hydrogen (secondary N) is 2. The molecule has 10 nitrogen and oxygen atoms in total. The number of carbonyl (C=O) groups excluding carboxylic acids is 2. The molecule has 0 unspecified atom stereocenters. The van der Waals surface area contributed by atoms with Crippen LogP contribution in [0, 0.1) is 16.0 Å². The molecule has 0 radical (unpaired) electrons. The highest BCUT2D eigenvalue weighted by Gasteiger charge is 2.23.